The number of piperazine rings is 1. The van der Waals surface area contributed by atoms with Crippen molar-refractivity contribution in [3.63, 3.8) is 0 Å². The molecule has 0 radical (unpaired) electrons. The van der Waals surface area contributed by atoms with E-state index >= 15 is 4.39 Å². The van der Waals surface area contributed by atoms with E-state index in [0.29, 0.717) is 91.4 Å². The number of nitrogens with one attached hydrogen (secondary N) is 1. The molecule has 0 atom stereocenters. The number of methoxy groups -OCH3 is 1. The van der Waals surface area contributed by atoms with Crippen LogP contribution in [-0.2, 0) is 11.3 Å². The third kappa shape index (κ3) is 6.13. The number of rotatable bonds is 8. The molecule has 5 heterocycles. The highest BCUT2D eigenvalue weighted by atomic mass is 19.1. The van der Waals surface area contributed by atoms with Crippen LogP contribution in [0.15, 0.2) is 48.9 Å². The minimum Gasteiger partial charge on any atom is -0.493 e. The predicted molar refractivity (Wildman–Crippen MR) is 184 cm³/mol. The number of aromatic amines is 1. The van der Waals surface area contributed by atoms with Gasteiger partial charge in [0.1, 0.15) is 11.5 Å². The summed E-state index contributed by atoms with van der Waals surface area (Å²) in [6.07, 6.45) is 15.3. The van der Waals surface area contributed by atoms with Crippen molar-refractivity contribution in [2.75, 3.05) is 51.3 Å². The molecule has 2 aliphatic heterocycles. The molecule has 0 bridgehead atoms. The Hall–Kier alpha value is -5.07. The minimum absolute atomic E-state index is 0.0148. The number of ether oxygens (including phenoxy) is 1. The average molecular weight is 683 g/mol. The first-order valence-corrected chi connectivity index (χ1v) is 17.4. The van der Waals surface area contributed by atoms with Gasteiger partial charge in [-0.25, -0.2) is 13.8 Å². The summed E-state index contributed by atoms with van der Waals surface area (Å²) in [5.41, 5.74) is 4.42. The van der Waals surface area contributed by atoms with Gasteiger partial charge in [-0.1, -0.05) is 17.4 Å². The van der Waals surface area contributed by atoms with Crippen molar-refractivity contribution in [1.29, 1.82) is 0 Å². The molecule has 11 nitrogen and oxygen atoms in total. The summed E-state index contributed by atoms with van der Waals surface area (Å²) in [4.78, 5) is 40.0. The molecule has 2 fully saturated rings. The second-order valence-corrected chi connectivity index (χ2v) is 13.9. The molecular weight excluding hydrogens is 642 g/mol. The number of pyridine rings is 1. The van der Waals surface area contributed by atoms with Crippen LogP contribution in [0.5, 0.6) is 5.75 Å². The highest BCUT2D eigenvalue weighted by Gasteiger charge is 2.43. The molecule has 0 unspecified atom stereocenters. The van der Waals surface area contributed by atoms with Crippen molar-refractivity contribution in [3.05, 3.63) is 77.4 Å². The Labute approximate surface area is 288 Å². The molecule has 50 heavy (non-hydrogen) atoms. The zero-order valence-electron chi connectivity index (χ0n) is 28.1. The number of carbonyl (C=O) groups excluding carboxylic acids is 2. The zero-order chi connectivity index (χ0) is 34.4. The lowest BCUT2D eigenvalue weighted by molar-refractivity contribution is -0.131. The number of H-pyrrole nitrogens is 1. The first kappa shape index (κ1) is 32.2. The fraction of sp³-hybridized carbons (Fsp3) is 0.432. The van der Waals surface area contributed by atoms with Crippen LogP contribution in [0.4, 0.5) is 14.6 Å². The zero-order valence-corrected chi connectivity index (χ0v) is 28.1. The van der Waals surface area contributed by atoms with E-state index in [1.165, 1.54) is 31.6 Å². The Morgan fingerprint density at radius 1 is 0.980 bits per heavy atom. The van der Waals surface area contributed by atoms with Gasteiger partial charge in [-0.3, -0.25) is 14.3 Å². The number of aromatic nitrogens is 5. The first-order valence-electron chi connectivity index (χ1n) is 17.4. The number of nitrogens with zero attached hydrogens (tertiary/aromatic N) is 7. The Morgan fingerprint density at radius 3 is 2.54 bits per heavy atom. The summed E-state index contributed by atoms with van der Waals surface area (Å²) in [6.45, 7) is 3.12. The fourth-order valence-corrected chi connectivity index (χ4v) is 7.66. The van der Waals surface area contributed by atoms with Crippen LogP contribution in [0.2, 0.25) is 0 Å². The number of anilines is 1. The maximum absolute atomic E-state index is 16.7. The summed E-state index contributed by atoms with van der Waals surface area (Å²) >= 11 is 0. The lowest BCUT2D eigenvalue weighted by Gasteiger charge is -2.35. The monoisotopic (exact) mass is 682 g/mol. The standard InChI is InChI=1S/C37H40F2N8O3/c1-50-31-19-26(38)22-40-35(31)44-15-17-45(18-16-44)36(49)30-21-29-27(24-4-7-37(8-5-24)9-10-37)20-28(33(39)34(29)42-30)25-3-2-12-46(23-25)32(48)6-13-47-14-11-41-43-47/h3-4,11,14,19-22,42H,2,5-10,12-13,15-18,23H2,1H3. The van der Waals surface area contributed by atoms with Gasteiger partial charge in [0.2, 0.25) is 5.91 Å². The van der Waals surface area contributed by atoms with Crippen molar-refractivity contribution in [2.45, 2.75) is 51.5 Å². The maximum Gasteiger partial charge on any atom is 0.270 e. The van der Waals surface area contributed by atoms with Crippen molar-refractivity contribution in [1.82, 2.24) is 34.8 Å². The molecular formula is C37H40F2N8O3. The highest BCUT2D eigenvalue weighted by molar-refractivity contribution is 6.03. The molecule has 8 rings (SSSR count). The van der Waals surface area contributed by atoms with Crippen LogP contribution in [0, 0.1) is 17.0 Å². The molecule has 4 aromatic rings. The average Bonchev–Trinajstić information content (AvgIpc) is 3.49. The summed E-state index contributed by atoms with van der Waals surface area (Å²) < 4.78 is 37.4. The number of hydrogen-bond donors (Lipinski definition) is 1. The van der Waals surface area contributed by atoms with Gasteiger partial charge >= 0.3 is 0 Å². The SMILES string of the molecule is COc1cc(F)cnc1N1CCN(C(=O)c2cc3c(C4=CCC5(CC4)CC5)cc(C4=CCCN(C(=O)CCn5ccnn5)C4)c(F)c3[nH]2)CC1. The van der Waals surface area contributed by atoms with Gasteiger partial charge in [-0.2, -0.15) is 0 Å². The third-order valence-corrected chi connectivity index (χ3v) is 10.9. The molecule has 1 saturated carbocycles. The van der Waals surface area contributed by atoms with Gasteiger partial charge in [0.15, 0.2) is 17.4 Å². The smallest absolute Gasteiger partial charge is 0.270 e. The van der Waals surface area contributed by atoms with Gasteiger partial charge in [0, 0.05) is 68.9 Å². The van der Waals surface area contributed by atoms with E-state index in [0.717, 1.165) is 36.6 Å². The first-order chi connectivity index (χ1) is 24.3. The topological polar surface area (TPSA) is 112 Å². The van der Waals surface area contributed by atoms with Crippen molar-refractivity contribution in [2.24, 2.45) is 5.41 Å². The Bertz CT molecular complexity index is 2010. The van der Waals surface area contributed by atoms with E-state index in [1.807, 2.05) is 17.0 Å². The van der Waals surface area contributed by atoms with E-state index in [4.69, 9.17) is 4.74 Å². The molecule has 1 spiro atoms. The number of hydrogen-bond acceptors (Lipinski definition) is 7. The van der Waals surface area contributed by atoms with Crippen LogP contribution >= 0.6 is 0 Å². The van der Waals surface area contributed by atoms with Gasteiger partial charge in [-0.05, 0) is 72.8 Å². The number of allylic oxidation sites excluding steroid dienone is 2. The molecule has 1 N–H and O–H groups in total. The summed E-state index contributed by atoms with van der Waals surface area (Å²) in [7, 11) is 1.48. The largest absolute Gasteiger partial charge is 0.493 e. The molecule has 3 aromatic heterocycles. The fourth-order valence-electron chi connectivity index (χ4n) is 7.66. The highest BCUT2D eigenvalue weighted by Crippen LogP contribution is 2.57. The normalized spacial score (nSPS) is 18.7. The van der Waals surface area contributed by atoms with E-state index in [2.05, 4.69) is 26.4 Å². The summed E-state index contributed by atoms with van der Waals surface area (Å²) in [6, 6.07) is 5.04. The Morgan fingerprint density at radius 2 is 1.82 bits per heavy atom. The molecule has 1 saturated heterocycles. The molecule has 1 aromatic carbocycles. The number of amides is 2. The van der Waals surface area contributed by atoms with Crippen LogP contribution in [-0.4, -0.2) is 93.0 Å². The lowest BCUT2D eigenvalue weighted by atomic mass is 9.82. The molecule has 13 heteroatoms. The van der Waals surface area contributed by atoms with Gasteiger partial charge in [-0.15, -0.1) is 5.10 Å². The van der Waals surface area contributed by atoms with Crippen molar-refractivity contribution < 1.29 is 23.1 Å². The number of carbonyl (C=O) groups is 2. The molecule has 2 aliphatic carbocycles. The molecule has 2 amide bonds. The van der Waals surface area contributed by atoms with E-state index in [-0.39, 0.29) is 18.2 Å². The summed E-state index contributed by atoms with van der Waals surface area (Å²) in [5, 5.41) is 8.45. The van der Waals surface area contributed by atoms with Crippen LogP contribution in [0.1, 0.15) is 66.6 Å². The number of fused-ring (bicyclic) bond motifs is 1. The van der Waals surface area contributed by atoms with Gasteiger partial charge in [0.25, 0.3) is 5.91 Å². The minimum atomic E-state index is -0.478. The van der Waals surface area contributed by atoms with Crippen LogP contribution < -0.4 is 9.64 Å². The van der Waals surface area contributed by atoms with E-state index in [1.54, 1.807) is 32.9 Å². The van der Waals surface area contributed by atoms with Gasteiger partial charge < -0.3 is 24.4 Å². The van der Waals surface area contributed by atoms with E-state index < -0.39 is 11.6 Å². The maximum atomic E-state index is 16.7. The molecule has 4 aliphatic rings. The van der Waals surface area contributed by atoms with Gasteiger partial charge in [0.05, 0.1) is 31.6 Å². The second kappa shape index (κ2) is 13.0. The number of aryl methyl sites for hydroxylation is 1. The quantitative estimate of drug-likeness (QED) is 0.263. The third-order valence-electron chi connectivity index (χ3n) is 10.9. The Kier molecular flexibility index (Phi) is 8.36. The predicted octanol–water partition coefficient (Wildman–Crippen LogP) is 5.46. The summed E-state index contributed by atoms with van der Waals surface area (Å²) in [5.74, 6) is -0.237. The van der Waals surface area contributed by atoms with E-state index in [9.17, 15) is 14.0 Å². The Balaban J connectivity index is 1.06. The van der Waals surface area contributed by atoms with Crippen LogP contribution in [0.25, 0.3) is 22.0 Å². The second-order valence-electron chi connectivity index (χ2n) is 13.9. The number of benzene rings is 1. The number of halogens is 2. The van der Waals surface area contributed by atoms with Crippen molar-refractivity contribution in [3.8, 4) is 5.75 Å². The lowest BCUT2D eigenvalue weighted by Crippen LogP contribution is -2.49. The molecule has 260 valence electrons. The van der Waals surface area contributed by atoms with Crippen LogP contribution in [0.3, 0.4) is 0 Å². The van der Waals surface area contributed by atoms with Crippen molar-refractivity contribution >= 4 is 39.7 Å².